The Morgan fingerprint density at radius 3 is 2.45 bits per heavy atom. The molecule has 3 aromatic rings. The number of carbonyl (C=O) groups excluding carboxylic acids is 2. The highest BCUT2D eigenvalue weighted by Gasteiger charge is 2.18. The number of nitrogens with two attached hydrogens (primary N) is 1. The van der Waals surface area contributed by atoms with Crippen molar-refractivity contribution in [2.45, 2.75) is 19.0 Å². The summed E-state index contributed by atoms with van der Waals surface area (Å²) in [5.41, 5.74) is 6.77. The Labute approximate surface area is 168 Å². The Morgan fingerprint density at radius 2 is 1.72 bits per heavy atom. The van der Waals surface area contributed by atoms with E-state index in [0.29, 0.717) is 23.6 Å². The number of nitrogens with one attached hydrogen (secondary N) is 2. The first-order chi connectivity index (χ1) is 14.1. The summed E-state index contributed by atoms with van der Waals surface area (Å²) in [6, 6.07) is 20.7. The number of hydrogen-bond donors (Lipinski definition) is 3. The Morgan fingerprint density at radius 1 is 0.966 bits per heavy atom. The third-order valence-electron chi connectivity index (χ3n) is 4.14. The van der Waals surface area contributed by atoms with E-state index in [2.05, 4.69) is 15.6 Å². The maximum atomic E-state index is 12.4. The summed E-state index contributed by atoms with van der Waals surface area (Å²) in [5.74, 6) is 1.06. The number of pyridine rings is 1. The molecule has 0 spiro atoms. The molecule has 2 aromatic carbocycles. The Balaban J connectivity index is 1.68. The van der Waals surface area contributed by atoms with Gasteiger partial charge in [-0.1, -0.05) is 36.4 Å². The fourth-order valence-corrected chi connectivity index (χ4v) is 2.79. The number of ether oxygens (including phenoxy) is 1. The lowest BCUT2D eigenvalue weighted by Crippen LogP contribution is -2.36. The molecule has 0 saturated carbocycles. The number of rotatable bonds is 8. The first-order valence-electron chi connectivity index (χ1n) is 9.15. The summed E-state index contributed by atoms with van der Waals surface area (Å²) >= 11 is 0. The molecule has 0 saturated heterocycles. The zero-order valence-electron chi connectivity index (χ0n) is 15.7. The zero-order valence-corrected chi connectivity index (χ0v) is 15.7. The molecule has 0 unspecified atom stereocenters. The lowest BCUT2D eigenvalue weighted by molar-refractivity contribution is -0.121. The van der Waals surface area contributed by atoms with Crippen molar-refractivity contribution < 1.29 is 14.3 Å². The van der Waals surface area contributed by atoms with E-state index >= 15 is 0 Å². The van der Waals surface area contributed by atoms with Crippen molar-refractivity contribution in [2.24, 2.45) is 5.73 Å². The second kappa shape index (κ2) is 9.89. The minimum absolute atomic E-state index is 0.0323. The van der Waals surface area contributed by atoms with Crippen LogP contribution in [0.4, 0.5) is 4.79 Å². The summed E-state index contributed by atoms with van der Waals surface area (Å²) in [5, 5.41) is 5.43. The molecule has 0 fully saturated rings. The number of amides is 3. The van der Waals surface area contributed by atoms with Gasteiger partial charge in [0.2, 0.25) is 5.91 Å². The molecule has 1 heterocycles. The van der Waals surface area contributed by atoms with Crippen molar-refractivity contribution in [1.29, 1.82) is 0 Å². The SMILES string of the molecule is NC(=O)N[C@H](CC(=O)NCc1ccccn1)c1cccc(Oc2ccccc2)c1. The van der Waals surface area contributed by atoms with E-state index in [4.69, 9.17) is 10.5 Å². The van der Waals surface area contributed by atoms with Crippen molar-refractivity contribution in [1.82, 2.24) is 15.6 Å². The van der Waals surface area contributed by atoms with Crippen LogP contribution in [-0.4, -0.2) is 16.9 Å². The number of primary amides is 1. The van der Waals surface area contributed by atoms with Gasteiger partial charge in [0, 0.05) is 6.20 Å². The maximum Gasteiger partial charge on any atom is 0.312 e. The van der Waals surface area contributed by atoms with Gasteiger partial charge in [-0.05, 0) is 42.0 Å². The first kappa shape index (κ1) is 19.9. The van der Waals surface area contributed by atoms with Crippen LogP contribution < -0.4 is 21.1 Å². The van der Waals surface area contributed by atoms with Crippen molar-refractivity contribution in [3.63, 3.8) is 0 Å². The quantitative estimate of drug-likeness (QED) is 0.549. The van der Waals surface area contributed by atoms with Crippen LogP contribution in [0.1, 0.15) is 23.7 Å². The molecular weight excluding hydrogens is 368 g/mol. The average molecular weight is 390 g/mol. The molecule has 0 bridgehead atoms. The molecule has 148 valence electrons. The van der Waals surface area contributed by atoms with E-state index in [9.17, 15) is 9.59 Å². The van der Waals surface area contributed by atoms with Crippen LogP contribution in [0.5, 0.6) is 11.5 Å². The van der Waals surface area contributed by atoms with Crippen LogP contribution in [0.15, 0.2) is 79.0 Å². The Hall–Kier alpha value is -3.87. The lowest BCUT2D eigenvalue weighted by atomic mass is 10.0. The molecule has 29 heavy (non-hydrogen) atoms. The molecule has 0 aliphatic rings. The van der Waals surface area contributed by atoms with Crippen LogP contribution >= 0.6 is 0 Å². The largest absolute Gasteiger partial charge is 0.457 e. The van der Waals surface area contributed by atoms with Crippen LogP contribution in [0, 0.1) is 0 Å². The third kappa shape index (κ3) is 6.35. The lowest BCUT2D eigenvalue weighted by Gasteiger charge is -2.18. The van der Waals surface area contributed by atoms with Crippen LogP contribution in [0.2, 0.25) is 0 Å². The van der Waals surface area contributed by atoms with E-state index in [1.54, 1.807) is 24.4 Å². The summed E-state index contributed by atoms with van der Waals surface area (Å²) < 4.78 is 5.83. The van der Waals surface area contributed by atoms with Crippen molar-refractivity contribution in [3.8, 4) is 11.5 Å². The summed E-state index contributed by atoms with van der Waals surface area (Å²) in [4.78, 5) is 28.0. The van der Waals surface area contributed by atoms with Gasteiger partial charge in [0.05, 0.1) is 24.7 Å². The standard InChI is InChI=1S/C22H22N4O3/c23-22(28)26-20(14-21(27)25-15-17-8-4-5-12-24-17)16-7-6-11-19(13-16)29-18-9-2-1-3-10-18/h1-13,20H,14-15H2,(H,25,27)(H3,23,26,28)/t20-/m1/s1. The van der Waals surface area contributed by atoms with E-state index < -0.39 is 12.1 Å². The van der Waals surface area contributed by atoms with Crippen molar-refractivity contribution >= 4 is 11.9 Å². The normalized spacial score (nSPS) is 11.3. The Bertz CT molecular complexity index is 949. The Kier molecular flexibility index (Phi) is 6.78. The van der Waals surface area contributed by atoms with E-state index in [1.807, 2.05) is 54.6 Å². The summed E-state index contributed by atoms with van der Waals surface area (Å²) in [6.45, 7) is 0.306. The number of hydrogen-bond acceptors (Lipinski definition) is 4. The highest BCUT2D eigenvalue weighted by atomic mass is 16.5. The van der Waals surface area contributed by atoms with Crippen molar-refractivity contribution in [3.05, 3.63) is 90.3 Å². The number of nitrogens with zero attached hydrogens (tertiary/aromatic N) is 1. The van der Waals surface area contributed by atoms with Gasteiger partial charge < -0.3 is 21.1 Å². The third-order valence-corrected chi connectivity index (χ3v) is 4.14. The average Bonchev–Trinajstić information content (AvgIpc) is 2.73. The molecular formula is C22H22N4O3. The molecule has 7 heteroatoms. The number of para-hydroxylation sites is 1. The molecule has 0 aliphatic carbocycles. The maximum absolute atomic E-state index is 12.4. The van der Waals surface area contributed by atoms with E-state index in [-0.39, 0.29) is 12.3 Å². The number of urea groups is 1. The van der Waals surface area contributed by atoms with Crippen molar-refractivity contribution in [2.75, 3.05) is 0 Å². The summed E-state index contributed by atoms with van der Waals surface area (Å²) in [7, 11) is 0. The highest BCUT2D eigenvalue weighted by molar-refractivity contribution is 5.78. The van der Waals surface area contributed by atoms with Gasteiger partial charge in [-0.3, -0.25) is 9.78 Å². The van der Waals surface area contributed by atoms with Gasteiger partial charge in [-0.25, -0.2) is 4.79 Å². The zero-order chi connectivity index (χ0) is 20.5. The molecule has 0 radical (unpaired) electrons. The van der Waals surface area contributed by atoms with Crippen LogP contribution in [0.25, 0.3) is 0 Å². The number of aromatic nitrogens is 1. The molecule has 0 aliphatic heterocycles. The minimum atomic E-state index is -0.707. The molecule has 3 rings (SSSR count). The van der Waals surface area contributed by atoms with Gasteiger partial charge in [0.1, 0.15) is 11.5 Å². The second-order valence-electron chi connectivity index (χ2n) is 6.35. The smallest absolute Gasteiger partial charge is 0.312 e. The molecule has 1 aromatic heterocycles. The highest BCUT2D eigenvalue weighted by Crippen LogP contribution is 2.26. The minimum Gasteiger partial charge on any atom is -0.457 e. The monoisotopic (exact) mass is 390 g/mol. The van der Waals surface area contributed by atoms with Gasteiger partial charge in [-0.15, -0.1) is 0 Å². The molecule has 1 atom stereocenters. The predicted octanol–water partition coefficient (Wildman–Crippen LogP) is 3.29. The first-order valence-corrected chi connectivity index (χ1v) is 9.15. The fourth-order valence-electron chi connectivity index (χ4n) is 2.79. The van der Waals surface area contributed by atoms with Gasteiger partial charge in [0.25, 0.3) is 0 Å². The van der Waals surface area contributed by atoms with E-state index in [0.717, 1.165) is 5.69 Å². The topological polar surface area (TPSA) is 106 Å². The van der Waals surface area contributed by atoms with Gasteiger partial charge in [-0.2, -0.15) is 0 Å². The van der Waals surface area contributed by atoms with Crippen LogP contribution in [-0.2, 0) is 11.3 Å². The molecule has 3 amide bonds. The van der Waals surface area contributed by atoms with Gasteiger partial charge in [0.15, 0.2) is 0 Å². The second-order valence-corrected chi connectivity index (χ2v) is 6.35. The number of carbonyl (C=O) groups is 2. The molecule has 4 N–H and O–H groups in total. The fraction of sp³-hybridized carbons (Fsp3) is 0.136. The van der Waals surface area contributed by atoms with Crippen LogP contribution in [0.3, 0.4) is 0 Å². The van der Waals surface area contributed by atoms with E-state index in [1.165, 1.54) is 0 Å². The molecule has 7 nitrogen and oxygen atoms in total. The summed E-state index contributed by atoms with van der Waals surface area (Å²) in [6.07, 6.45) is 1.70. The predicted molar refractivity (Wildman–Crippen MR) is 109 cm³/mol. The number of benzene rings is 2. The van der Waals surface area contributed by atoms with Gasteiger partial charge >= 0.3 is 6.03 Å².